The van der Waals surface area contributed by atoms with Crippen molar-refractivity contribution in [2.45, 2.75) is 67.2 Å². The minimum atomic E-state index is 0. The molecule has 1 aromatic rings. The molecule has 0 aliphatic rings. The van der Waals surface area contributed by atoms with Crippen LogP contribution in [0.25, 0.3) is 0 Å². The largest absolute Gasteiger partial charge is 0.0840 e. The van der Waals surface area contributed by atoms with Gasteiger partial charge in [-0.25, -0.2) is 0 Å². The van der Waals surface area contributed by atoms with Gasteiger partial charge in [0.05, 0.1) is 0 Å². The molecule has 0 aliphatic carbocycles. The molecular formula is C16H29Cl. The number of halogens is 1. The van der Waals surface area contributed by atoms with Crippen molar-refractivity contribution in [3.63, 3.8) is 0 Å². The summed E-state index contributed by atoms with van der Waals surface area (Å²) < 4.78 is 0. The zero-order valence-electron chi connectivity index (χ0n) is 10.6. The summed E-state index contributed by atoms with van der Waals surface area (Å²) in [7, 11) is 0. The highest BCUT2D eigenvalue weighted by atomic mass is 35.5. The van der Waals surface area contributed by atoms with Crippen molar-refractivity contribution in [3.05, 3.63) is 34.3 Å². The number of hydrogen-bond donors (Lipinski definition) is 0. The molecule has 0 aromatic heterocycles. The Kier molecular flexibility index (Phi) is 6.56. The van der Waals surface area contributed by atoms with E-state index < -0.39 is 0 Å². The molecule has 0 unspecified atom stereocenters. The Bertz CT molecular complexity index is 351. The Morgan fingerprint density at radius 3 is 1.59 bits per heavy atom. The first-order chi connectivity index (χ1) is 6.62. The van der Waals surface area contributed by atoms with Gasteiger partial charge in [-0.1, -0.05) is 80.1 Å². The Labute approximate surface area is 113 Å². The molecule has 1 rings (SSSR count). The van der Waals surface area contributed by atoms with Crippen LogP contribution < -0.4 is 0 Å². The predicted molar refractivity (Wildman–Crippen MR) is 82.3 cm³/mol. The highest BCUT2D eigenvalue weighted by molar-refractivity contribution is 6.31. The lowest BCUT2D eigenvalue weighted by molar-refractivity contribution is 0.577. The van der Waals surface area contributed by atoms with Crippen LogP contribution in [-0.2, 0) is 10.8 Å². The summed E-state index contributed by atoms with van der Waals surface area (Å²) in [6.07, 6.45) is 0. The van der Waals surface area contributed by atoms with E-state index in [0.717, 1.165) is 5.02 Å². The fourth-order valence-corrected chi connectivity index (χ4v) is 2.05. The molecule has 0 nitrogen and oxygen atoms in total. The molecule has 0 bridgehead atoms. The standard InChI is InChI=1S/C14H21Cl.2CH4/c1-13(2,3)10-7-8-11(12(15)9-10)14(4,5)6;;/h7-9H,1-6H3;2*1H4. The maximum Gasteiger partial charge on any atom is 0.0446 e. The molecule has 0 N–H and O–H groups in total. The van der Waals surface area contributed by atoms with E-state index in [1.807, 2.05) is 0 Å². The van der Waals surface area contributed by atoms with Gasteiger partial charge in [-0.05, 0) is 28.0 Å². The van der Waals surface area contributed by atoms with Crippen molar-refractivity contribution in [3.8, 4) is 0 Å². The summed E-state index contributed by atoms with van der Waals surface area (Å²) in [5, 5.41) is 0.884. The minimum absolute atomic E-state index is 0. The molecule has 0 atom stereocenters. The number of benzene rings is 1. The van der Waals surface area contributed by atoms with Gasteiger partial charge < -0.3 is 0 Å². The summed E-state index contributed by atoms with van der Waals surface area (Å²) in [6, 6.07) is 6.44. The first kappa shape index (κ1) is 18.9. The van der Waals surface area contributed by atoms with Crippen molar-refractivity contribution in [2.24, 2.45) is 0 Å². The smallest absolute Gasteiger partial charge is 0.0446 e. The summed E-state index contributed by atoms with van der Waals surface area (Å²) >= 11 is 6.32. The molecule has 1 heteroatoms. The first-order valence-electron chi connectivity index (χ1n) is 5.43. The molecule has 0 radical (unpaired) electrons. The van der Waals surface area contributed by atoms with Crippen LogP contribution >= 0.6 is 11.6 Å². The van der Waals surface area contributed by atoms with Crippen molar-refractivity contribution < 1.29 is 0 Å². The van der Waals surface area contributed by atoms with Crippen LogP contribution in [0.2, 0.25) is 5.02 Å². The van der Waals surface area contributed by atoms with E-state index in [1.165, 1.54) is 11.1 Å². The lowest BCUT2D eigenvalue weighted by atomic mass is 9.82. The monoisotopic (exact) mass is 256 g/mol. The van der Waals surface area contributed by atoms with Gasteiger partial charge in [-0.2, -0.15) is 0 Å². The second-order valence-electron chi connectivity index (χ2n) is 6.19. The molecule has 0 fully saturated rings. The van der Waals surface area contributed by atoms with Crippen LogP contribution in [0, 0.1) is 0 Å². The van der Waals surface area contributed by atoms with E-state index in [1.54, 1.807) is 0 Å². The Balaban J connectivity index is 0. The van der Waals surface area contributed by atoms with Crippen LogP contribution in [0.15, 0.2) is 18.2 Å². The maximum atomic E-state index is 6.32. The highest BCUT2D eigenvalue weighted by Gasteiger charge is 2.20. The molecule has 0 amide bonds. The third kappa shape index (κ3) is 4.71. The van der Waals surface area contributed by atoms with E-state index in [-0.39, 0.29) is 25.7 Å². The second-order valence-corrected chi connectivity index (χ2v) is 6.60. The van der Waals surface area contributed by atoms with Crippen molar-refractivity contribution in [2.75, 3.05) is 0 Å². The number of hydrogen-bond acceptors (Lipinski definition) is 0. The van der Waals surface area contributed by atoms with Crippen molar-refractivity contribution in [1.29, 1.82) is 0 Å². The van der Waals surface area contributed by atoms with Gasteiger partial charge in [0.1, 0.15) is 0 Å². The van der Waals surface area contributed by atoms with Gasteiger partial charge in [-0.15, -0.1) is 0 Å². The van der Waals surface area contributed by atoms with E-state index in [4.69, 9.17) is 11.6 Å². The average Bonchev–Trinajstić information content (AvgIpc) is 1.99. The Morgan fingerprint density at radius 2 is 1.29 bits per heavy atom. The maximum absolute atomic E-state index is 6.32. The van der Waals surface area contributed by atoms with Crippen LogP contribution in [0.3, 0.4) is 0 Å². The topological polar surface area (TPSA) is 0 Å². The van der Waals surface area contributed by atoms with Gasteiger partial charge in [0, 0.05) is 5.02 Å². The van der Waals surface area contributed by atoms with Crippen LogP contribution in [0.1, 0.15) is 67.5 Å². The molecule has 100 valence electrons. The zero-order valence-corrected chi connectivity index (χ0v) is 11.4. The van der Waals surface area contributed by atoms with Gasteiger partial charge in [0.2, 0.25) is 0 Å². The quantitative estimate of drug-likeness (QED) is 0.518. The molecule has 0 spiro atoms. The Morgan fingerprint density at radius 1 is 0.824 bits per heavy atom. The normalized spacial score (nSPS) is 11.5. The SMILES string of the molecule is C.C.CC(C)(C)c1ccc(C(C)(C)C)c(Cl)c1. The molecule has 1 aromatic carbocycles. The lowest BCUT2D eigenvalue weighted by Crippen LogP contribution is -2.15. The molecular weight excluding hydrogens is 228 g/mol. The summed E-state index contributed by atoms with van der Waals surface area (Å²) in [5.41, 5.74) is 2.80. The minimum Gasteiger partial charge on any atom is -0.0840 e. The third-order valence-corrected chi connectivity index (χ3v) is 2.96. The van der Waals surface area contributed by atoms with Crippen molar-refractivity contribution >= 4 is 11.6 Å². The van der Waals surface area contributed by atoms with E-state index in [9.17, 15) is 0 Å². The fourth-order valence-electron chi connectivity index (χ4n) is 1.59. The van der Waals surface area contributed by atoms with Gasteiger partial charge in [0.15, 0.2) is 0 Å². The molecule has 0 saturated heterocycles. The second kappa shape index (κ2) is 5.91. The van der Waals surface area contributed by atoms with E-state index >= 15 is 0 Å². The Hall–Kier alpha value is -0.490. The molecule has 0 aliphatic heterocycles. The lowest BCUT2D eigenvalue weighted by Gasteiger charge is -2.24. The fraction of sp³-hybridized carbons (Fsp3) is 0.625. The molecule has 0 saturated carbocycles. The highest BCUT2D eigenvalue weighted by Crippen LogP contribution is 2.33. The van der Waals surface area contributed by atoms with Gasteiger partial charge in [0.25, 0.3) is 0 Å². The summed E-state index contributed by atoms with van der Waals surface area (Å²) in [4.78, 5) is 0. The van der Waals surface area contributed by atoms with Gasteiger partial charge >= 0.3 is 0 Å². The average molecular weight is 257 g/mol. The van der Waals surface area contributed by atoms with Crippen LogP contribution in [-0.4, -0.2) is 0 Å². The van der Waals surface area contributed by atoms with E-state index in [2.05, 4.69) is 59.7 Å². The molecule has 17 heavy (non-hydrogen) atoms. The predicted octanol–water partition coefficient (Wildman–Crippen LogP) is 6.21. The first-order valence-corrected chi connectivity index (χ1v) is 5.80. The van der Waals surface area contributed by atoms with Crippen molar-refractivity contribution in [1.82, 2.24) is 0 Å². The van der Waals surface area contributed by atoms with E-state index in [0.29, 0.717) is 0 Å². The number of rotatable bonds is 0. The van der Waals surface area contributed by atoms with Gasteiger partial charge in [-0.3, -0.25) is 0 Å². The molecule has 0 heterocycles. The third-order valence-electron chi connectivity index (χ3n) is 2.64. The summed E-state index contributed by atoms with van der Waals surface area (Å²) in [6.45, 7) is 13.2. The summed E-state index contributed by atoms with van der Waals surface area (Å²) in [5.74, 6) is 0. The van der Waals surface area contributed by atoms with Crippen LogP contribution in [0.4, 0.5) is 0 Å². The van der Waals surface area contributed by atoms with Crippen LogP contribution in [0.5, 0.6) is 0 Å². The zero-order chi connectivity index (χ0) is 11.9.